The quantitative estimate of drug-likeness (QED) is 0.738. The number of hydrogen-bond acceptors (Lipinski definition) is 3. The Hall–Kier alpha value is -0.770. The van der Waals surface area contributed by atoms with Crippen LogP contribution in [-0.2, 0) is 4.74 Å². The van der Waals surface area contributed by atoms with E-state index in [1.807, 2.05) is 0 Å². The molecule has 4 nitrogen and oxygen atoms in total. The zero-order valence-corrected chi connectivity index (χ0v) is 9.03. The SMILES string of the molecule is CC(C)CCN1CC(CN)COC1=O. The molecule has 1 atom stereocenters. The lowest BCUT2D eigenvalue weighted by atomic mass is 10.1. The second-order valence-electron chi connectivity index (χ2n) is 4.31. The topological polar surface area (TPSA) is 55.6 Å². The lowest BCUT2D eigenvalue weighted by molar-refractivity contribution is 0.0440. The van der Waals surface area contributed by atoms with Gasteiger partial charge in [-0.25, -0.2) is 4.79 Å². The molecule has 0 aliphatic carbocycles. The highest BCUT2D eigenvalue weighted by molar-refractivity contribution is 5.68. The van der Waals surface area contributed by atoms with Gasteiger partial charge in [-0.05, 0) is 12.3 Å². The van der Waals surface area contributed by atoms with E-state index in [1.54, 1.807) is 4.90 Å². The van der Waals surface area contributed by atoms with Crippen LogP contribution in [0.1, 0.15) is 20.3 Å². The summed E-state index contributed by atoms with van der Waals surface area (Å²) in [7, 11) is 0. The summed E-state index contributed by atoms with van der Waals surface area (Å²) in [6, 6.07) is 0. The summed E-state index contributed by atoms with van der Waals surface area (Å²) in [4.78, 5) is 13.1. The first-order chi connectivity index (χ1) is 6.63. The zero-order valence-electron chi connectivity index (χ0n) is 9.03. The number of amides is 1. The molecule has 0 saturated carbocycles. The van der Waals surface area contributed by atoms with E-state index in [2.05, 4.69) is 13.8 Å². The van der Waals surface area contributed by atoms with Crippen LogP contribution in [0.4, 0.5) is 4.79 Å². The highest BCUT2D eigenvalue weighted by Gasteiger charge is 2.25. The number of carbonyl (C=O) groups excluding carboxylic acids is 1. The maximum absolute atomic E-state index is 11.3. The van der Waals surface area contributed by atoms with Crippen molar-refractivity contribution in [3.63, 3.8) is 0 Å². The third kappa shape index (κ3) is 3.18. The Morgan fingerprint density at radius 1 is 1.64 bits per heavy atom. The molecule has 1 unspecified atom stereocenters. The van der Waals surface area contributed by atoms with E-state index in [-0.39, 0.29) is 6.09 Å². The fraction of sp³-hybridized carbons (Fsp3) is 0.900. The van der Waals surface area contributed by atoms with Gasteiger partial charge in [0.2, 0.25) is 0 Å². The summed E-state index contributed by atoms with van der Waals surface area (Å²) < 4.78 is 5.03. The third-order valence-electron chi connectivity index (χ3n) is 2.49. The minimum absolute atomic E-state index is 0.185. The Labute approximate surface area is 85.4 Å². The maximum Gasteiger partial charge on any atom is 0.409 e. The molecule has 0 radical (unpaired) electrons. The van der Waals surface area contributed by atoms with Crippen molar-refractivity contribution in [2.45, 2.75) is 20.3 Å². The highest BCUT2D eigenvalue weighted by atomic mass is 16.6. The highest BCUT2D eigenvalue weighted by Crippen LogP contribution is 2.12. The van der Waals surface area contributed by atoms with E-state index in [4.69, 9.17) is 10.5 Å². The minimum Gasteiger partial charge on any atom is -0.449 e. The van der Waals surface area contributed by atoms with Crippen LogP contribution < -0.4 is 5.73 Å². The fourth-order valence-electron chi connectivity index (χ4n) is 1.46. The smallest absolute Gasteiger partial charge is 0.409 e. The Morgan fingerprint density at radius 2 is 2.36 bits per heavy atom. The van der Waals surface area contributed by atoms with Crippen LogP contribution in [0, 0.1) is 11.8 Å². The summed E-state index contributed by atoms with van der Waals surface area (Å²) in [5.41, 5.74) is 5.55. The van der Waals surface area contributed by atoms with Crippen molar-refractivity contribution in [1.29, 1.82) is 0 Å². The van der Waals surface area contributed by atoms with Crippen molar-refractivity contribution < 1.29 is 9.53 Å². The van der Waals surface area contributed by atoms with Gasteiger partial charge in [-0.1, -0.05) is 13.8 Å². The summed E-state index contributed by atoms with van der Waals surface area (Å²) in [5.74, 6) is 0.918. The van der Waals surface area contributed by atoms with E-state index in [0.717, 1.165) is 19.5 Å². The molecule has 1 fully saturated rings. The summed E-state index contributed by atoms with van der Waals surface area (Å²) in [6.07, 6.45) is 0.835. The van der Waals surface area contributed by atoms with Gasteiger partial charge >= 0.3 is 6.09 Å². The third-order valence-corrected chi connectivity index (χ3v) is 2.49. The van der Waals surface area contributed by atoms with Gasteiger partial charge in [-0.3, -0.25) is 0 Å². The second-order valence-corrected chi connectivity index (χ2v) is 4.31. The molecule has 82 valence electrons. The van der Waals surface area contributed by atoms with Crippen LogP contribution in [0.3, 0.4) is 0 Å². The molecule has 1 aliphatic rings. The number of carbonyl (C=O) groups is 1. The van der Waals surface area contributed by atoms with Crippen LogP contribution in [0.2, 0.25) is 0 Å². The fourth-order valence-corrected chi connectivity index (χ4v) is 1.46. The number of nitrogens with zero attached hydrogens (tertiary/aromatic N) is 1. The molecule has 0 bridgehead atoms. The van der Waals surface area contributed by atoms with Gasteiger partial charge in [0.1, 0.15) is 0 Å². The minimum atomic E-state index is -0.185. The standard InChI is InChI=1S/C10H20N2O2/c1-8(2)3-4-12-6-9(5-11)7-14-10(12)13/h8-9H,3-7,11H2,1-2H3. The van der Waals surface area contributed by atoms with Crippen LogP contribution in [0.15, 0.2) is 0 Å². The average Bonchev–Trinajstić information content (AvgIpc) is 2.16. The molecule has 0 spiro atoms. The summed E-state index contributed by atoms with van der Waals surface area (Å²) in [5, 5.41) is 0. The predicted molar refractivity (Wildman–Crippen MR) is 54.9 cm³/mol. The van der Waals surface area contributed by atoms with E-state index >= 15 is 0 Å². The molecule has 1 amide bonds. The number of hydrogen-bond donors (Lipinski definition) is 1. The van der Waals surface area contributed by atoms with E-state index in [0.29, 0.717) is 25.0 Å². The molecular weight excluding hydrogens is 180 g/mol. The van der Waals surface area contributed by atoms with Crippen LogP contribution >= 0.6 is 0 Å². The van der Waals surface area contributed by atoms with Crippen molar-refractivity contribution in [2.24, 2.45) is 17.6 Å². The van der Waals surface area contributed by atoms with E-state index in [1.165, 1.54) is 0 Å². The van der Waals surface area contributed by atoms with E-state index in [9.17, 15) is 4.79 Å². The van der Waals surface area contributed by atoms with Crippen molar-refractivity contribution in [3.05, 3.63) is 0 Å². The largest absolute Gasteiger partial charge is 0.449 e. The van der Waals surface area contributed by atoms with Crippen molar-refractivity contribution >= 4 is 6.09 Å². The number of rotatable bonds is 4. The molecule has 14 heavy (non-hydrogen) atoms. The number of nitrogens with two attached hydrogens (primary N) is 1. The Balaban J connectivity index is 2.36. The molecular formula is C10H20N2O2. The van der Waals surface area contributed by atoms with Crippen LogP contribution in [-0.4, -0.2) is 37.2 Å². The molecule has 1 saturated heterocycles. The summed E-state index contributed by atoms with van der Waals surface area (Å²) in [6.45, 7) is 6.90. The van der Waals surface area contributed by atoms with E-state index < -0.39 is 0 Å². The maximum atomic E-state index is 11.3. The number of ether oxygens (including phenoxy) is 1. The van der Waals surface area contributed by atoms with Gasteiger partial charge in [0.15, 0.2) is 0 Å². The predicted octanol–water partition coefficient (Wildman–Crippen LogP) is 1.06. The Bertz CT molecular complexity index is 195. The normalized spacial score (nSPS) is 22.7. The Morgan fingerprint density at radius 3 is 2.93 bits per heavy atom. The monoisotopic (exact) mass is 200 g/mol. The van der Waals surface area contributed by atoms with Gasteiger partial charge in [0.05, 0.1) is 6.61 Å². The molecule has 1 rings (SSSR count). The first-order valence-corrected chi connectivity index (χ1v) is 5.25. The van der Waals surface area contributed by atoms with Crippen molar-refractivity contribution in [2.75, 3.05) is 26.2 Å². The first kappa shape index (κ1) is 11.3. The molecule has 0 aromatic heterocycles. The molecule has 4 heteroatoms. The lowest BCUT2D eigenvalue weighted by Crippen LogP contribution is -2.45. The summed E-state index contributed by atoms with van der Waals surface area (Å²) >= 11 is 0. The first-order valence-electron chi connectivity index (χ1n) is 5.25. The Kier molecular flexibility index (Phi) is 4.20. The van der Waals surface area contributed by atoms with Gasteiger partial charge in [-0.15, -0.1) is 0 Å². The van der Waals surface area contributed by atoms with Gasteiger partial charge < -0.3 is 15.4 Å². The van der Waals surface area contributed by atoms with Crippen LogP contribution in [0.5, 0.6) is 0 Å². The zero-order chi connectivity index (χ0) is 10.6. The second kappa shape index (κ2) is 5.20. The lowest BCUT2D eigenvalue weighted by Gasteiger charge is -2.31. The number of cyclic esters (lactones) is 1. The molecule has 1 aliphatic heterocycles. The van der Waals surface area contributed by atoms with Crippen molar-refractivity contribution in [1.82, 2.24) is 4.90 Å². The molecule has 2 N–H and O–H groups in total. The van der Waals surface area contributed by atoms with Gasteiger partial charge in [-0.2, -0.15) is 0 Å². The molecule has 0 aromatic rings. The van der Waals surface area contributed by atoms with Gasteiger partial charge in [0.25, 0.3) is 0 Å². The van der Waals surface area contributed by atoms with Gasteiger partial charge in [0, 0.05) is 25.6 Å². The average molecular weight is 200 g/mol. The van der Waals surface area contributed by atoms with Crippen molar-refractivity contribution in [3.8, 4) is 0 Å². The molecule has 0 aromatic carbocycles. The van der Waals surface area contributed by atoms with Crippen LogP contribution in [0.25, 0.3) is 0 Å². The molecule has 1 heterocycles.